The second kappa shape index (κ2) is 8.77. The van der Waals surface area contributed by atoms with Gasteiger partial charge in [0.25, 0.3) is 0 Å². The van der Waals surface area contributed by atoms with Gasteiger partial charge in [0.1, 0.15) is 0 Å². The number of methoxy groups -OCH3 is 2. The van der Waals surface area contributed by atoms with Crippen molar-refractivity contribution in [3.05, 3.63) is 53.6 Å². The topological polar surface area (TPSA) is 54.0 Å². The smallest absolute Gasteiger partial charge is 0.321 e. The summed E-state index contributed by atoms with van der Waals surface area (Å²) in [5, 5.41) is 2.94. The summed E-state index contributed by atoms with van der Waals surface area (Å²) in [6.45, 7) is 6.23. The Morgan fingerprint density at radius 1 is 1.00 bits per heavy atom. The van der Waals surface area contributed by atoms with Gasteiger partial charge in [-0.25, -0.2) is 4.79 Å². The first-order valence-electron chi connectivity index (χ1n) is 9.15. The number of urea groups is 1. The summed E-state index contributed by atoms with van der Waals surface area (Å²) in [5.74, 6) is 1.23. The minimum atomic E-state index is -0.0854. The van der Waals surface area contributed by atoms with Crippen molar-refractivity contribution in [1.82, 2.24) is 9.80 Å². The van der Waals surface area contributed by atoms with Crippen LogP contribution in [0.2, 0.25) is 0 Å². The van der Waals surface area contributed by atoms with Gasteiger partial charge in [-0.15, -0.1) is 0 Å². The molecule has 144 valence electrons. The molecule has 27 heavy (non-hydrogen) atoms. The second-order valence-electron chi connectivity index (χ2n) is 6.69. The molecule has 1 aliphatic heterocycles. The van der Waals surface area contributed by atoms with Crippen molar-refractivity contribution in [2.75, 3.05) is 45.7 Å². The normalized spacial score (nSPS) is 14.7. The first-order valence-corrected chi connectivity index (χ1v) is 9.15. The van der Waals surface area contributed by atoms with E-state index in [4.69, 9.17) is 9.47 Å². The zero-order valence-corrected chi connectivity index (χ0v) is 16.2. The molecule has 2 amide bonds. The van der Waals surface area contributed by atoms with Crippen LogP contribution >= 0.6 is 0 Å². The average molecular weight is 369 g/mol. The Morgan fingerprint density at radius 2 is 1.70 bits per heavy atom. The van der Waals surface area contributed by atoms with Crippen LogP contribution in [-0.2, 0) is 6.54 Å². The molecule has 6 nitrogen and oxygen atoms in total. The molecule has 2 aromatic carbocycles. The summed E-state index contributed by atoms with van der Waals surface area (Å²) in [6, 6.07) is 13.7. The number of ether oxygens (including phenoxy) is 2. The van der Waals surface area contributed by atoms with Crippen LogP contribution in [0.25, 0.3) is 0 Å². The van der Waals surface area contributed by atoms with Crippen LogP contribution in [-0.4, -0.2) is 56.2 Å². The van der Waals surface area contributed by atoms with Crippen molar-refractivity contribution in [2.45, 2.75) is 13.5 Å². The van der Waals surface area contributed by atoms with E-state index in [9.17, 15) is 4.79 Å². The number of nitrogens with zero attached hydrogens (tertiary/aromatic N) is 2. The number of carbonyl (C=O) groups excluding carboxylic acids is 1. The molecule has 1 saturated heterocycles. The molecule has 1 aliphatic rings. The lowest BCUT2D eigenvalue weighted by molar-refractivity contribution is 0.143. The zero-order valence-electron chi connectivity index (χ0n) is 16.2. The van der Waals surface area contributed by atoms with E-state index in [0.717, 1.165) is 19.6 Å². The highest BCUT2D eigenvalue weighted by Gasteiger charge is 2.21. The van der Waals surface area contributed by atoms with Crippen LogP contribution in [0.1, 0.15) is 11.1 Å². The summed E-state index contributed by atoms with van der Waals surface area (Å²) >= 11 is 0. The lowest BCUT2D eigenvalue weighted by atomic mass is 10.1. The largest absolute Gasteiger partial charge is 0.493 e. The van der Waals surface area contributed by atoms with E-state index in [1.54, 1.807) is 26.4 Å². The van der Waals surface area contributed by atoms with E-state index in [0.29, 0.717) is 30.3 Å². The molecule has 1 heterocycles. The SMILES string of the molecule is COc1ccc(NC(=O)N2CCN(Cc3ccccc3C)CC2)cc1OC. The number of piperazine rings is 1. The Hall–Kier alpha value is -2.73. The maximum Gasteiger partial charge on any atom is 0.321 e. The van der Waals surface area contributed by atoms with Gasteiger partial charge in [-0.2, -0.15) is 0 Å². The number of rotatable bonds is 5. The molecule has 0 spiro atoms. The molecule has 1 N–H and O–H groups in total. The zero-order chi connectivity index (χ0) is 19.2. The fourth-order valence-corrected chi connectivity index (χ4v) is 3.25. The molecule has 6 heteroatoms. The number of hydrogen-bond acceptors (Lipinski definition) is 4. The van der Waals surface area contributed by atoms with Gasteiger partial charge < -0.3 is 19.7 Å². The van der Waals surface area contributed by atoms with Crippen LogP contribution < -0.4 is 14.8 Å². The van der Waals surface area contributed by atoms with Gasteiger partial charge >= 0.3 is 6.03 Å². The Morgan fingerprint density at radius 3 is 2.37 bits per heavy atom. The van der Waals surface area contributed by atoms with E-state index in [-0.39, 0.29) is 6.03 Å². The number of carbonyl (C=O) groups is 1. The lowest BCUT2D eigenvalue weighted by Gasteiger charge is -2.35. The fourth-order valence-electron chi connectivity index (χ4n) is 3.25. The summed E-state index contributed by atoms with van der Waals surface area (Å²) in [4.78, 5) is 16.8. The molecule has 2 aromatic rings. The average Bonchev–Trinajstić information content (AvgIpc) is 2.70. The van der Waals surface area contributed by atoms with Crippen LogP contribution in [0.3, 0.4) is 0 Å². The van der Waals surface area contributed by atoms with Crippen molar-refractivity contribution >= 4 is 11.7 Å². The molecule has 0 aliphatic carbocycles. The number of benzene rings is 2. The van der Waals surface area contributed by atoms with Gasteiger partial charge in [-0.3, -0.25) is 4.90 Å². The molecule has 0 aromatic heterocycles. The van der Waals surface area contributed by atoms with Gasteiger partial charge in [-0.05, 0) is 30.2 Å². The quantitative estimate of drug-likeness (QED) is 0.878. The highest BCUT2D eigenvalue weighted by molar-refractivity contribution is 5.89. The Kier molecular flexibility index (Phi) is 6.19. The van der Waals surface area contributed by atoms with Crippen molar-refractivity contribution in [3.63, 3.8) is 0 Å². The van der Waals surface area contributed by atoms with Crippen molar-refractivity contribution in [1.29, 1.82) is 0 Å². The van der Waals surface area contributed by atoms with Crippen molar-refractivity contribution < 1.29 is 14.3 Å². The predicted molar refractivity (Wildman–Crippen MR) is 107 cm³/mol. The number of hydrogen-bond donors (Lipinski definition) is 1. The predicted octanol–water partition coefficient (Wildman–Crippen LogP) is 3.36. The highest BCUT2D eigenvalue weighted by atomic mass is 16.5. The van der Waals surface area contributed by atoms with Crippen molar-refractivity contribution in [3.8, 4) is 11.5 Å². The third kappa shape index (κ3) is 4.71. The van der Waals surface area contributed by atoms with E-state index in [1.807, 2.05) is 11.0 Å². The standard InChI is InChI=1S/C21H27N3O3/c1-16-6-4-5-7-17(16)15-23-10-12-24(13-11-23)21(25)22-18-8-9-19(26-2)20(14-18)27-3/h4-9,14H,10-13,15H2,1-3H3,(H,22,25). The molecule has 0 saturated carbocycles. The maximum absolute atomic E-state index is 12.6. The molecular formula is C21H27N3O3. The first kappa shape index (κ1) is 19.0. The Labute approximate surface area is 160 Å². The number of anilines is 1. The van der Waals surface area contributed by atoms with Crippen LogP contribution in [0.15, 0.2) is 42.5 Å². The van der Waals surface area contributed by atoms with Crippen LogP contribution in [0.5, 0.6) is 11.5 Å². The van der Waals surface area contributed by atoms with Gasteiger partial charge in [0.05, 0.1) is 14.2 Å². The van der Waals surface area contributed by atoms with E-state index in [1.165, 1.54) is 11.1 Å². The Balaban J connectivity index is 1.53. The summed E-state index contributed by atoms with van der Waals surface area (Å²) in [7, 11) is 3.17. The molecule has 0 radical (unpaired) electrons. The number of nitrogens with one attached hydrogen (secondary N) is 1. The minimum Gasteiger partial charge on any atom is -0.493 e. The number of amides is 2. The summed E-state index contributed by atoms with van der Waals surface area (Å²) in [5.41, 5.74) is 3.35. The molecule has 1 fully saturated rings. The van der Waals surface area contributed by atoms with Crippen LogP contribution in [0.4, 0.5) is 10.5 Å². The third-order valence-corrected chi connectivity index (χ3v) is 4.95. The van der Waals surface area contributed by atoms with Crippen LogP contribution in [0, 0.1) is 6.92 Å². The highest BCUT2D eigenvalue weighted by Crippen LogP contribution is 2.29. The first-order chi connectivity index (χ1) is 13.1. The Bertz CT molecular complexity index is 786. The van der Waals surface area contributed by atoms with E-state index >= 15 is 0 Å². The maximum atomic E-state index is 12.6. The van der Waals surface area contributed by atoms with E-state index < -0.39 is 0 Å². The fraction of sp³-hybridized carbons (Fsp3) is 0.381. The number of aryl methyl sites for hydroxylation is 1. The summed E-state index contributed by atoms with van der Waals surface area (Å²) in [6.07, 6.45) is 0. The van der Waals surface area contributed by atoms with E-state index in [2.05, 4.69) is 41.4 Å². The summed E-state index contributed by atoms with van der Waals surface area (Å²) < 4.78 is 10.5. The van der Waals surface area contributed by atoms with Gasteiger partial charge in [-0.1, -0.05) is 24.3 Å². The van der Waals surface area contributed by atoms with Gasteiger partial charge in [0.15, 0.2) is 11.5 Å². The van der Waals surface area contributed by atoms with Crippen molar-refractivity contribution in [2.24, 2.45) is 0 Å². The monoisotopic (exact) mass is 369 g/mol. The van der Waals surface area contributed by atoms with Gasteiger partial charge in [0.2, 0.25) is 0 Å². The molecule has 0 bridgehead atoms. The molecule has 3 rings (SSSR count). The van der Waals surface area contributed by atoms with Gasteiger partial charge in [0, 0.05) is 44.5 Å². The molecule has 0 unspecified atom stereocenters. The second-order valence-corrected chi connectivity index (χ2v) is 6.69. The molecule has 0 atom stereocenters. The minimum absolute atomic E-state index is 0.0854. The lowest BCUT2D eigenvalue weighted by Crippen LogP contribution is -2.49. The molecular weight excluding hydrogens is 342 g/mol. The third-order valence-electron chi connectivity index (χ3n) is 4.95.